The number of rotatable bonds is 6. The minimum absolute atomic E-state index is 0.0371. The third-order valence-corrected chi connectivity index (χ3v) is 8.01. The molecule has 11 heteroatoms. The van der Waals surface area contributed by atoms with Gasteiger partial charge in [-0.3, -0.25) is 4.79 Å². The summed E-state index contributed by atoms with van der Waals surface area (Å²) < 4.78 is 32.1. The number of hydrogen-bond donors (Lipinski definition) is 2. The van der Waals surface area contributed by atoms with Crippen LogP contribution in [0.5, 0.6) is 0 Å². The summed E-state index contributed by atoms with van der Waals surface area (Å²) in [6.07, 6.45) is 4.97. The van der Waals surface area contributed by atoms with Crippen molar-refractivity contribution in [3.63, 3.8) is 0 Å². The summed E-state index contributed by atoms with van der Waals surface area (Å²) in [5.74, 6) is -1.24. The number of piperazine rings is 1. The lowest BCUT2D eigenvalue weighted by atomic mass is 9.96. The molecule has 1 heterocycles. The smallest absolute Gasteiger partial charge is 0.328 e. The van der Waals surface area contributed by atoms with Crippen molar-refractivity contribution in [2.75, 3.05) is 26.7 Å². The van der Waals surface area contributed by atoms with Gasteiger partial charge in [-0.15, -0.1) is 0 Å². The first kappa shape index (κ1) is 25.0. The second-order valence-corrected chi connectivity index (χ2v) is 10.4. The summed E-state index contributed by atoms with van der Waals surface area (Å²) in [6.45, 7) is 1.37. The Bertz CT molecular complexity index is 949. The average Bonchev–Trinajstić information content (AvgIpc) is 2.84. The van der Waals surface area contributed by atoms with Crippen molar-refractivity contribution in [1.29, 1.82) is 0 Å². The SMILES string of the molecule is COC(=O)[C@@H](C)NC(=O)[C@H]1CN(S(=O)(=O)c2ccccc2)CCN1C(=O)NC1CCCCC1. The summed E-state index contributed by atoms with van der Waals surface area (Å²) in [5.41, 5.74) is 0. The van der Waals surface area contributed by atoms with E-state index in [0.29, 0.717) is 0 Å². The second kappa shape index (κ2) is 11.0. The fourth-order valence-electron chi connectivity index (χ4n) is 4.23. The Morgan fingerprint density at radius 2 is 1.73 bits per heavy atom. The highest BCUT2D eigenvalue weighted by Gasteiger charge is 2.41. The summed E-state index contributed by atoms with van der Waals surface area (Å²) in [4.78, 5) is 39.4. The first-order valence-corrected chi connectivity index (χ1v) is 12.7. The molecule has 3 amide bonds. The minimum atomic E-state index is -3.85. The van der Waals surface area contributed by atoms with Crippen LogP contribution in [-0.4, -0.2) is 80.4 Å². The number of ether oxygens (including phenoxy) is 1. The molecule has 2 N–H and O–H groups in total. The van der Waals surface area contributed by atoms with Crippen LogP contribution in [0.2, 0.25) is 0 Å². The Hall–Kier alpha value is -2.66. The molecule has 2 aliphatic rings. The number of esters is 1. The van der Waals surface area contributed by atoms with Crippen LogP contribution in [0.15, 0.2) is 35.2 Å². The van der Waals surface area contributed by atoms with Crippen LogP contribution in [0.4, 0.5) is 4.79 Å². The lowest BCUT2D eigenvalue weighted by Crippen LogP contribution is -2.64. The molecule has 0 aromatic heterocycles. The van der Waals surface area contributed by atoms with Crippen molar-refractivity contribution in [2.24, 2.45) is 0 Å². The molecule has 2 atom stereocenters. The first-order valence-electron chi connectivity index (χ1n) is 11.2. The van der Waals surface area contributed by atoms with Crippen molar-refractivity contribution in [3.8, 4) is 0 Å². The quantitative estimate of drug-likeness (QED) is 0.587. The number of nitrogens with zero attached hydrogens (tertiary/aromatic N) is 2. The van der Waals surface area contributed by atoms with E-state index in [2.05, 4.69) is 15.4 Å². The van der Waals surface area contributed by atoms with Crippen LogP contribution in [0.25, 0.3) is 0 Å². The van der Waals surface area contributed by atoms with Gasteiger partial charge in [0.15, 0.2) is 0 Å². The standard InChI is InChI=1S/C22H32N4O6S/c1-16(21(28)32-2)23-20(27)19-15-25(33(30,31)18-11-7-4-8-12-18)13-14-26(19)22(29)24-17-9-5-3-6-10-17/h4,7-8,11-12,16-17,19H,3,5-6,9-10,13-15H2,1-2H3,(H,23,27)(H,24,29)/t16-,19-/m1/s1. The van der Waals surface area contributed by atoms with E-state index in [-0.39, 0.29) is 30.6 Å². The monoisotopic (exact) mass is 480 g/mol. The third-order valence-electron chi connectivity index (χ3n) is 6.13. The van der Waals surface area contributed by atoms with Crippen molar-refractivity contribution in [1.82, 2.24) is 19.8 Å². The minimum Gasteiger partial charge on any atom is -0.467 e. The molecule has 1 saturated carbocycles. The van der Waals surface area contributed by atoms with Gasteiger partial charge in [0.2, 0.25) is 15.9 Å². The molecule has 1 aromatic carbocycles. The summed E-state index contributed by atoms with van der Waals surface area (Å²) >= 11 is 0. The van der Waals surface area contributed by atoms with Crippen molar-refractivity contribution in [3.05, 3.63) is 30.3 Å². The van der Waals surface area contributed by atoms with Gasteiger partial charge in [-0.1, -0.05) is 37.5 Å². The second-order valence-electron chi connectivity index (χ2n) is 8.42. The zero-order valence-corrected chi connectivity index (χ0v) is 19.8. The fraction of sp³-hybridized carbons (Fsp3) is 0.591. The van der Waals surface area contributed by atoms with Crippen LogP contribution in [0, 0.1) is 0 Å². The Kier molecular flexibility index (Phi) is 8.30. The van der Waals surface area contributed by atoms with Gasteiger partial charge >= 0.3 is 12.0 Å². The van der Waals surface area contributed by atoms with Crippen LogP contribution in [0.3, 0.4) is 0 Å². The van der Waals surface area contributed by atoms with Crippen LogP contribution in [0.1, 0.15) is 39.0 Å². The molecule has 10 nitrogen and oxygen atoms in total. The predicted molar refractivity (Wildman–Crippen MR) is 121 cm³/mol. The molecule has 1 aliphatic carbocycles. The fourth-order valence-corrected chi connectivity index (χ4v) is 5.69. The highest BCUT2D eigenvalue weighted by Crippen LogP contribution is 2.22. The number of hydrogen-bond acceptors (Lipinski definition) is 6. The van der Waals surface area contributed by atoms with Crippen LogP contribution < -0.4 is 10.6 Å². The number of carbonyl (C=O) groups excluding carboxylic acids is 3. The summed E-state index contributed by atoms with van der Waals surface area (Å²) in [6, 6.07) is 5.57. The zero-order chi connectivity index (χ0) is 24.0. The molecule has 2 fully saturated rings. The molecular formula is C22H32N4O6S. The van der Waals surface area contributed by atoms with E-state index < -0.39 is 40.0 Å². The summed E-state index contributed by atoms with van der Waals surface area (Å²) in [5, 5.41) is 5.54. The average molecular weight is 481 g/mol. The maximum atomic E-state index is 13.1. The van der Waals surface area contributed by atoms with Gasteiger partial charge in [-0.25, -0.2) is 18.0 Å². The number of nitrogens with one attached hydrogen (secondary N) is 2. The van der Waals surface area contributed by atoms with E-state index >= 15 is 0 Å². The Balaban J connectivity index is 1.80. The van der Waals surface area contributed by atoms with E-state index in [9.17, 15) is 22.8 Å². The number of benzene rings is 1. The number of sulfonamides is 1. The van der Waals surface area contributed by atoms with Gasteiger partial charge < -0.3 is 20.3 Å². The molecule has 1 saturated heterocycles. The summed E-state index contributed by atoms with van der Waals surface area (Å²) in [7, 11) is -2.64. The van der Waals surface area contributed by atoms with Gasteiger partial charge in [-0.2, -0.15) is 4.31 Å². The largest absolute Gasteiger partial charge is 0.467 e. The number of urea groups is 1. The topological polar surface area (TPSA) is 125 Å². The van der Waals surface area contributed by atoms with Gasteiger partial charge in [0.05, 0.1) is 12.0 Å². The molecule has 1 aliphatic heterocycles. The lowest BCUT2D eigenvalue weighted by Gasteiger charge is -2.40. The molecule has 3 rings (SSSR count). The Labute approximate surface area is 194 Å². The maximum absolute atomic E-state index is 13.1. The Morgan fingerprint density at radius 1 is 1.06 bits per heavy atom. The van der Waals surface area contributed by atoms with Crippen LogP contribution in [-0.2, 0) is 24.3 Å². The van der Waals surface area contributed by atoms with Crippen molar-refractivity contribution >= 4 is 27.9 Å². The Morgan fingerprint density at radius 3 is 2.36 bits per heavy atom. The predicted octanol–water partition coefficient (Wildman–Crippen LogP) is 1.08. The van der Waals surface area contributed by atoms with Gasteiger partial charge in [0, 0.05) is 25.7 Å². The van der Waals surface area contributed by atoms with E-state index in [0.717, 1.165) is 32.1 Å². The van der Waals surface area contributed by atoms with E-state index in [1.807, 2.05) is 0 Å². The molecular weight excluding hydrogens is 448 g/mol. The van der Waals surface area contributed by atoms with E-state index in [1.165, 1.54) is 35.4 Å². The van der Waals surface area contributed by atoms with Crippen LogP contribution >= 0.6 is 0 Å². The molecule has 1 aromatic rings. The normalized spacial score (nSPS) is 21.2. The highest BCUT2D eigenvalue weighted by molar-refractivity contribution is 7.89. The van der Waals surface area contributed by atoms with Gasteiger partial charge in [0.25, 0.3) is 0 Å². The molecule has 0 radical (unpaired) electrons. The first-order chi connectivity index (χ1) is 15.7. The molecule has 0 spiro atoms. The van der Waals surface area contributed by atoms with Gasteiger partial charge in [0.1, 0.15) is 12.1 Å². The molecule has 182 valence electrons. The molecule has 0 unspecified atom stereocenters. The number of carbonyl (C=O) groups is 3. The molecule has 0 bridgehead atoms. The van der Waals surface area contributed by atoms with E-state index in [4.69, 9.17) is 0 Å². The van der Waals surface area contributed by atoms with Crippen molar-refractivity contribution in [2.45, 2.75) is 62.0 Å². The maximum Gasteiger partial charge on any atom is 0.328 e. The highest BCUT2D eigenvalue weighted by atomic mass is 32.2. The zero-order valence-electron chi connectivity index (χ0n) is 19.0. The lowest BCUT2D eigenvalue weighted by molar-refractivity contribution is -0.145. The van der Waals surface area contributed by atoms with Gasteiger partial charge in [-0.05, 0) is 31.9 Å². The number of amides is 3. The van der Waals surface area contributed by atoms with Crippen molar-refractivity contribution < 1.29 is 27.5 Å². The third kappa shape index (κ3) is 6.02. The van der Waals surface area contributed by atoms with E-state index in [1.54, 1.807) is 18.2 Å². The molecule has 33 heavy (non-hydrogen) atoms. The number of methoxy groups -OCH3 is 1.